The van der Waals surface area contributed by atoms with Crippen molar-refractivity contribution in [3.63, 3.8) is 0 Å². The fraction of sp³-hybridized carbons (Fsp3) is 0.333. The summed E-state index contributed by atoms with van der Waals surface area (Å²) in [5, 5.41) is 1.08. The van der Waals surface area contributed by atoms with E-state index in [0.717, 1.165) is 38.5 Å². The number of aromatic nitrogens is 2. The zero-order chi connectivity index (χ0) is 25.7. The van der Waals surface area contributed by atoms with E-state index in [1.54, 1.807) is 18.0 Å². The van der Waals surface area contributed by atoms with E-state index in [9.17, 15) is 4.79 Å². The fourth-order valence-electron chi connectivity index (χ4n) is 4.33. The average Bonchev–Trinajstić information content (AvgIpc) is 3.12. The van der Waals surface area contributed by atoms with Gasteiger partial charge in [0.1, 0.15) is 18.3 Å². The Hall–Kier alpha value is -3.25. The van der Waals surface area contributed by atoms with E-state index in [1.807, 2.05) is 56.4 Å². The fourth-order valence-corrected chi connectivity index (χ4v) is 5.60. The van der Waals surface area contributed by atoms with Crippen LogP contribution < -0.4 is 4.74 Å². The summed E-state index contributed by atoms with van der Waals surface area (Å²) in [5.74, 6) is 0.152. The highest BCUT2D eigenvalue weighted by atomic mass is 32.2. The van der Waals surface area contributed by atoms with Gasteiger partial charge in [0.2, 0.25) is 0 Å². The molecule has 0 saturated heterocycles. The minimum atomic E-state index is -0.424. The Morgan fingerprint density at radius 3 is 2.47 bits per heavy atom. The van der Waals surface area contributed by atoms with Crippen molar-refractivity contribution in [2.24, 2.45) is 7.05 Å². The maximum absolute atomic E-state index is 13.3. The summed E-state index contributed by atoms with van der Waals surface area (Å²) in [4.78, 5) is 18.8. The Kier molecular flexibility index (Phi) is 8.04. The summed E-state index contributed by atoms with van der Waals surface area (Å²) in [6, 6.07) is 22.1. The molecule has 0 amide bonds. The van der Waals surface area contributed by atoms with Crippen molar-refractivity contribution in [2.75, 3.05) is 6.61 Å². The van der Waals surface area contributed by atoms with Crippen molar-refractivity contribution in [2.45, 2.75) is 56.3 Å². The Bertz CT molecular complexity index is 1310. The van der Waals surface area contributed by atoms with E-state index in [1.165, 1.54) is 0 Å². The van der Waals surface area contributed by atoms with Crippen LogP contribution in [-0.4, -0.2) is 26.9 Å². The van der Waals surface area contributed by atoms with Gasteiger partial charge in [-0.15, -0.1) is 11.8 Å². The molecule has 0 aliphatic carbocycles. The minimum Gasteiger partial charge on any atom is -0.487 e. The molecule has 5 nitrogen and oxygen atoms in total. The molecule has 36 heavy (non-hydrogen) atoms. The van der Waals surface area contributed by atoms with Crippen molar-refractivity contribution < 1.29 is 14.3 Å². The van der Waals surface area contributed by atoms with Gasteiger partial charge in [0.25, 0.3) is 0 Å². The maximum atomic E-state index is 13.3. The van der Waals surface area contributed by atoms with E-state index < -0.39 is 5.92 Å². The molecule has 0 fully saturated rings. The molecule has 4 rings (SSSR count). The minimum absolute atomic E-state index is 0.0557. The van der Waals surface area contributed by atoms with Gasteiger partial charge in [-0.2, -0.15) is 0 Å². The first-order valence-corrected chi connectivity index (χ1v) is 13.1. The smallest absolute Gasteiger partial charge is 0.315 e. The second-order valence-corrected chi connectivity index (χ2v) is 11.6. The van der Waals surface area contributed by atoms with Crippen molar-refractivity contribution >= 4 is 28.6 Å². The number of hydrogen-bond donors (Lipinski definition) is 0. The quantitative estimate of drug-likeness (QED) is 0.183. The molecule has 4 aromatic rings. The monoisotopic (exact) mass is 502 g/mol. The van der Waals surface area contributed by atoms with Crippen LogP contribution in [0.5, 0.6) is 5.75 Å². The predicted octanol–water partition coefficient (Wildman–Crippen LogP) is 6.93. The highest BCUT2D eigenvalue weighted by Gasteiger charge is 2.32. The van der Waals surface area contributed by atoms with Gasteiger partial charge in [-0.25, -0.2) is 0 Å². The van der Waals surface area contributed by atoms with Crippen LogP contribution in [-0.2, 0) is 29.6 Å². The van der Waals surface area contributed by atoms with E-state index in [4.69, 9.17) is 9.47 Å². The highest BCUT2D eigenvalue weighted by Crippen LogP contribution is 2.45. The van der Waals surface area contributed by atoms with Crippen LogP contribution in [0, 0.1) is 0 Å². The lowest BCUT2D eigenvalue weighted by molar-refractivity contribution is -0.145. The average molecular weight is 503 g/mol. The van der Waals surface area contributed by atoms with Gasteiger partial charge in [-0.3, -0.25) is 9.78 Å². The van der Waals surface area contributed by atoms with Crippen LogP contribution in [0.25, 0.3) is 10.9 Å². The van der Waals surface area contributed by atoms with Crippen LogP contribution >= 0.6 is 11.8 Å². The Balaban J connectivity index is 1.80. The number of aryl methyl sites for hydroxylation is 1. The number of pyridine rings is 1. The zero-order valence-corrected chi connectivity index (χ0v) is 22.5. The van der Waals surface area contributed by atoms with E-state index in [2.05, 4.69) is 54.6 Å². The molecule has 0 saturated carbocycles. The summed E-state index contributed by atoms with van der Waals surface area (Å²) in [6.07, 6.45) is 2.34. The van der Waals surface area contributed by atoms with Gasteiger partial charge in [-0.1, -0.05) is 57.2 Å². The summed E-state index contributed by atoms with van der Waals surface area (Å²) < 4.78 is 13.8. The highest BCUT2D eigenvalue weighted by molar-refractivity contribution is 8.00. The number of nitrogens with zero attached hydrogens (tertiary/aromatic N) is 2. The number of hydrogen-bond acceptors (Lipinski definition) is 5. The summed E-state index contributed by atoms with van der Waals surface area (Å²) >= 11 is 1.78. The molecular formula is C30H34N2O3S. The number of rotatable bonds is 9. The standard InChI is InChI=1S/C30H34N2O3S/c1-6-34-29(33)25(18-21-12-8-7-9-13-21)27-28(36-30(2,3)4)24-19-23(15-16-26(24)32(27)5)35-20-22-14-10-11-17-31-22/h7-17,19,25H,6,18,20H2,1-5H3. The first kappa shape index (κ1) is 25.8. The second kappa shape index (κ2) is 11.2. The van der Waals surface area contributed by atoms with Crippen molar-refractivity contribution in [1.29, 1.82) is 0 Å². The van der Waals surface area contributed by atoms with Crippen LogP contribution in [0.4, 0.5) is 0 Å². The summed E-state index contributed by atoms with van der Waals surface area (Å²) in [6.45, 7) is 9.18. The molecule has 0 radical (unpaired) electrons. The molecule has 2 aromatic carbocycles. The summed E-state index contributed by atoms with van der Waals surface area (Å²) in [7, 11) is 2.04. The lowest BCUT2D eigenvalue weighted by Gasteiger charge is -2.23. The SMILES string of the molecule is CCOC(=O)C(Cc1ccccc1)c1c(SC(C)(C)C)c2cc(OCc3ccccn3)ccc2n1C. The molecule has 1 atom stereocenters. The van der Waals surface area contributed by atoms with Gasteiger partial charge < -0.3 is 14.0 Å². The third-order valence-electron chi connectivity index (χ3n) is 5.87. The number of ether oxygens (including phenoxy) is 2. The van der Waals surface area contributed by atoms with Gasteiger partial charge in [-0.05, 0) is 49.2 Å². The topological polar surface area (TPSA) is 53.4 Å². The lowest BCUT2D eigenvalue weighted by Crippen LogP contribution is -2.22. The molecule has 0 aliphatic rings. The molecule has 188 valence electrons. The first-order valence-electron chi connectivity index (χ1n) is 12.3. The molecule has 2 aromatic heterocycles. The number of carbonyl (C=O) groups excluding carboxylic acids is 1. The molecule has 2 heterocycles. The Morgan fingerprint density at radius 2 is 1.81 bits per heavy atom. The summed E-state index contributed by atoms with van der Waals surface area (Å²) in [5.41, 5.74) is 4.02. The molecule has 6 heteroatoms. The van der Waals surface area contributed by atoms with Gasteiger partial charge in [0.05, 0.1) is 12.3 Å². The van der Waals surface area contributed by atoms with Crippen molar-refractivity contribution in [1.82, 2.24) is 9.55 Å². The van der Waals surface area contributed by atoms with E-state index >= 15 is 0 Å². The van der Waals surface area contributed by atoms with Crippen LogP contribution in [0.15, 0.2) is 77.8 Å². The van der Waals surface area contributed by atoms with E-state index in [-0.39, 0.29) is 10.7 Å². The van der Waals surface area contributed by atoms with Crippen LogP contribution in [0.1, 0.15) is 50.6 Å². The van der Waals surface area contributed by atoms with Crippen LogP contribution in [0.2, 0.25) is 0 Å². The third-order valence-corrected chi connectivity index (χ3v) is 7.12. The Morgan fingerprint density at radius 1 is 1.06 bits per heavy atom. The second-order valence-electron chi connectivity index (χ2n) is 9.77. The molecule has 0 spiro atoms. The number of fused-ring (bicyclic) bond motifs is 1. The molecular weight excluding hydrogens is 468 g/mol. The lowest BCUT2D eigenvalue weighted by atomic mass is 9.96. The van der Waals surface area contributed by atoms with Crippen molar-refractivity contribution in [3.05, 3.63) is 89.9 Å². The van der Waals surface area contributed by atoms with Gasteiger partial charge >= 0.3 is 5.97 Å². The maximum Gasteiger partial charge on any atom is 0.315 e. The van der Waals surface area contributed by atoms with Gasteiger partial charge in [0.15, 0.2) is 0 Å². The molecule has 1 unspecified atom stereocenters. The largest absolute Gasteiger partial charge is 0.487 e. The van der Waals surface area contributed by atoms with Gasteiger partial charge in [0, 0.05) is 39.5 Å². The normalized spacial score (nSPS) is 12.5. The number of benzene rings is 2. The molecule has 0 aliphatic heterocycles. The number of thioether (sulfide) groups is 1. The first-order chi connectivity index (χ1) is 17.3. The predicted molar refractivity (Wildman–Crippen MR) is 147 cm³/mol. The third kappa shape index (κ3) is 6.11. The Labute approximate surface area is 217 Å². The van der Waals surface area contributed by atoms with Crippen molar-refractivity contribution in [3.8, 4) is 5.75 Å². The van der Waals surface area contributed by atoms with Crippen LogP contribution in [0.3, 0.4) is 0 Å². The van der Waals surface area contributed by atoms with E-state index in [0.29, 0.717) is 19.6 Å². The molecule has 0 N–H and O–H groups in total. The molecule has 0 bridgehead atoms. The number of carbonyl (C=O) groups is 1. The zero-order valence-electron chi connectivity index (χ0n) is 21.7. The number of esters is 1.